The van der Waals surface area contributed by atoms with Crippen LogP contribution in [0.15, 0.2) is 77.4 Å². The van der Waals surface area contributed by atoms with Gasteiger partial charge >= 0.3 is 5.97 Å². The molecule has 1 heterocycles. The molecule has 0 saturated heterocycles. The molecule has 0 aliphatic rings. The first-order valence-corrected chi connectivity index (χ1v) is 9.92. The molecule has 0 aliphatic heterocycles. The number of amides is 2. The fourth-order valence-corrected chi connectivity index (χ4v) is 2.87. The molecule has 0 bridgehead atoms. The summed E-state index contributed by atoms with van der Waals surface area (Å²) in [6.07, 6.45) is 0.474. The zero-order valence-corrected chi connectivity index (χ0v) is 17.3. The normalized spacial score (nSPS) is 12.5. The monoisotopic (exact) mass is 420 g/mol. The summed E-state index contributed by atoms with van der Waals surface area (Å²) >= 11 is 0. The number of benzene rings is 2. The molecule has 7 nitrogen and oxygen atoms in total. The number of esters is 1. The summed E-state index contributed by atoms with van der Waals surface area (Å²) < 4.78 is 10.3. The van der Waals surface area contributed by atoms with Gasteiger partial charge < -0.3 is 19.8 Å². The largest absolute Gasteiger partial charge is 0.459 e. The topological polar surface area (TPSA) is 97.6 Å². The Bertz CT molecular complexity index is 1010. The van der Waals surface area contributed by atoms with Crippen LogP contribution in [0.1, 0.15) is 46.2 Å². The predicted octanol–water partition coefficient (Wildman–Crippen LogP) is 4.00. The first kappa shape index (κ1) is 21.8. The third-order valence-electron chi connectivity index (χ3n) is 4.73. The van der Waals surface area contributed by atoms with E-state index in [1.165, 1.54) is 25.3 Å². The molecule has 0 radical (unpaired) electrons. The van der Waals surface area contributed by atoms with Gasteiger partial charge in [-0.2, -0.15) is 0 Å². The third kappa shape index (κ3) is 6.05. The summed E-state index contributed by atoms with van der Waals surface area (Å²) in [6, 6.07) is 19.2. The van der Waals surface area contributed by atoms with E-state index in [9.17, 15) is 14.4 Å². The van der Waals surface area contributed by atoms with Crippen LogP contribution < -0.4 is 10.6 Å². The minimum atomic E-state index is -0.936. The number of furan rings is 1. The molecule has 2 N–H and O–H groups in total. The highest BCUT2D eigenvalue weighted by molar-refractivity contribution is 6.02. The SMILES string of the molecule is C[C@H](OC(=O)c1ccc(NC(=O)c2ccco2)cc1)C(=O)NC[C@H](C)c1ccccc1. The van der Waals surface area contributed by atoms with Gasteiger partial charge in [0, 0.05) is 12.2 Å². The molecular weight excluding hydrogens is 396 g/mol. The Kier molecular flexibility index (Phi) is 7.22. The van der Waals surface area contributed by atoms with Crippen molar-refractivity contribution >= 4 is 23.5 Å². The summed E-state index contributed by atoms with van der Waals surface area (Å²) in [4.78, 5) is 36.6. The smallest absolute Gasteiger partial charge is 0.338 e. The number of carbonyl (C=O) groups excluding carboxylic acids is 3. The minimum absolute atomic E-state index is 0.136. The number of carbonyl (C=O) groups is 3. The van der Waals surface area contributed by atoms with Crippen molar-refractivity contribution in [1.29, 1.82) is 0 Å². The number of hydrogen-bond acceptors (Lipinski definition) is 5. The van der Waals surface area contributed by atoms with E-state index in [4.69, 9.17) is 9.15 Å². The van der Waals surface area contributed by atoms with E-state index < -0.39 is 18.0 Å². The van der Waals surface area contributed by atoms with Gasteiger partial charge in [-0.3, -0.25) is 9.59 Å². The van der Waals surface area contributed by atoms with Gasteiger partial charge in [-0.05, 0) is 54.8 Å². The van der Waals surface area contributed by atoms with Crippen molar-refractivity contribution in [2.75, 3.05) is 11.9 Å². The molecule has 7 heteroatoms. The van der Waals surface area contributed by atoms with Crippen LogP contribution in [0.5, 0.6) is 0 Å². The molecule has 0 unspecified atom stereocenters. The van der Waals surface area contributed by atoms with Crippen molar-refractivity contribution < 1.29 is 23.5 Å². The quantitative estimate of drug-likeness (QED) is 0.537. The molecule has 2 atom stereocenters. The summed E-state index contributed by atoms with van der Waals surface area (Å²) in [5, 5.41) is 5.47. The van der Waals surface area contributed by atoms with Crippen molar-refractivity contribution in [2.45, 2.75) is 25.9 Å². The minimum Gasteiger partial charge on any atom is -0.459 e. The number of rotatable bonds is 8. The van der Waals surface area contributed by atoms with Gasteiger partial charge in [-0.15, -0.1) is 0 Å². The maximum absolute atomic E-state index is 12.3. The van der Waals surface area contributed by atoms with E-state index >= 15 is 0 Å². The van der Waals surface area contributed by atoms with Crippen molar-refractivity contribution in [2.24, 2.45) is 0 Å². The van der Waals surface area contributed by atoms with Crippen molar-refractivity contribution in [1.82, 2.24) is 5.32 Å². The lowest BCUT2D eigenvalue weighted by Crippen LogP contribution is -2.37. The molecule has 0 aliphatic carbocycles. The highest BCUT2D eigenvalue weighted by Gasteiger charge is 2.19. The van der Waals surface area contributed by atoms with Gasteiger partial charge in [0.05, 0.1) is 11.8 Å². The van der Waals surface area contributed by atoms with Crippen LogP contribution >= 0.6 is 0 Å². The van der Waals surface area contributed by atoms with Crippen molar-refractivity contribution in [3.63, 3.8) is 0 Å². The number of nitrogens with one attached hydrogen (secondary N) is 2. The highest BCUT2D eigenvalue weighted by atomic mass is 16.5. The molecule has 2 amide bonds. The van der Waals surface area contributed by atoms with Crippen molar-refractivity contribution in [3.8, 4) is 0 Å². The average Bonchev–Trinajstić information content (AvgIpc) is 3.33. The van der Waals surface area contributed by atoms with E-state index in [0.717, 1.165) is 5.56 Å². The Morgan fingerprint density at radius 1 is 0.935 bits per heavy atom. The second kappa shape index (κ2) is 10.2. The molecule has 1 aromatic heterocycles. The molecule has 0 saturated carbocycles. The standard InChI is InChI=1S/C24H24N2O5/c1-16(18-7-4-3-5-8-18)15-25-22(27)17(2)31-24(29)19-10-12-20(13-11-19)26-23(28)21-9-6-14-30-21/h3-14,16-17H,15H2,1-2H3,(H,25,27)(H,26,28)/t16-,17-/m0/s1. The molecule has 160 valence electrons. The van der Waals surface area contributed by atoms with Crippen LogP contribution in [0.25, 0.3) is 0 Å². The molecule has 0 fully saturated rings. The van der Waals surface area contributed by atoms with Gasteiger partial charge in [-0.25, -0.2) is 4.79 Å². The lowest BCUT2D eigenvalue weighted by molar-refractivity contribution is -0.129. The van der Waals surface area contributed by atoms with Crippen molar-refractivity contribution in [3.05, 3.63) is 89.9 Å². The van der Waals surface area contributed by atoms with E-state index in [2.05, 4.69) is 10.6 Å². The summed E-state index contributed by atoms with van der Waals surface area (Å²) in [5.41, 5.74) is 1.89. The molecule has 31 heavy (non-hydrogen) atoms. The fourth-order valence-electron chi connectivity index (χ4n) is 2.87. The van der Waals surface area contributed by atoms with Crippen LogP contribution in [0, 0.1) is 0 Å². The first-order valence-electron chi connectivity index (χ1n) is 9.92. The summed E-state index contributed by atoms with van der Waals surface area (Å²) in [7, 11) is 0. The van der Waals surface area contributed by atoms with Gasteiger partial charge in [0.25, 0.3) is 11.8 Å². The molecule has 0 spiro atoms. The van der Waals surface area contributed by atoms with Gasteiger partial charge in [0.2, 0.25) is 0 Å². The predicted molar refractivity (Wildman–Crippen MR) is 116 cm³/mol. The summed E-state index contributed by atoms with van der Waals surface area (Å²) in [5.74, 6) is -1.06. The van der Waals surface area contributed by atoms with Crippen LogP contribution in [0.2, 0.25) is 0 Å². The molecule has 3 rings (SSSR count). The Morgan fingerprint density at radius 2 is 1.65 bits per heavy atom. The number of anilines is 1. The fraction of sp³-hybridized carbons (Fsp3) is 0.208. The van der Waals surface area contributed by atoms with E-state index in [0.29, 0.717) is 12.2 Å². The highest BCUT2D eigenvalue weighted by Crippen LogP contribution is 2.15. The van der Waals surface area contributed by atoms with E-state index in [-0.39, 0.29) is 23.1 Å². The van der Waals surface area contributed by atoms with E-state index in [1.807, 2.05) is 37.3 Å². The number of hydrogen-bond donors (Lipinski definition) is 2. The van der Waals surface area contributed by atoms with Crippen LogP contribution in [0.4, 0.5) is 5.69 Å². The Morgan fingerprint density at radius 3 is 2.29 bits per heavy atom. The molecule has 3 aromatic rings. The lowest BCUT2D eigenvalue weighted by atomic mass is 10.0. The Balaban J connectivity index is 1.48. The first-order chi connectivity index (χ1) is 14.9. The second-order valence-electron chi connectivity index (χ2n) is 7.11. The van der Waals surface area contributed by atoms with Crippen LogP contribution in [-0.4, -0.2) is 30.4 Å². The Hall–Kier alpha value is -3.87. The average molecular weight is 420 g/mol. The maximum atomic E-state index is 12.3. The Labute approximate surface area is 180 Å². The van der Waals surface area contributed by atoms with Gasteiger partial charge in [0.1, 0.15) is 0 Å². The summed E-state index contributed by atoms with van der Waals surface area (Å²) in [6.45, 7) is 3.98. The van der Waals surface area contributed by atoms with Crippen LogP contribution in [0.3, 0.4) is 0 Å². The third-order valence-corrected chi connectivity index (χ3v) is 4.73. The molecular formula is C24H24N2O5. The number of ether oxygens (including phenoxy) is 1. The van der Waals surface area contributed by atoms with Crippen LogP contribution in [-0.2, 0) is 9.53 Å². The second-order valence-corrected chi connectivity index (χ2v) is 7.11. The zero-order valence-electron chi connectivity index (χ0n) is 17.3. The van der Waals surface area contributed by atoms with Gasteiger partial charge in [-0.1, -0.05) is 37.3 Å². The maximum Gasteiger partial charge on any atom is 0.338 e. The van der Waals surface area contributed by atoms with E-state index in [1.54, 1.807) is 24.3 Å². The lowest BCUT2D eigenvalue weighted by Gasteiger charge is -2.17. The zero-order chi connectivity index (χ0) is 22.2. The van der Waals surface area contributed by atoms with Gasteiger partial charge in [0.15, 0.2) is 11.9 Å². The molecule has 2 aromatic carbocycles.